The zero-order valence-electron chi connectivity index (χ0n) is 13.4. The molecule has 122 valence electrons. The standard InChI is InChI=1S/C18H17N3O2S/c1-3-23-18(22)15-10(2)21-17(24)12(8-19)16(15)13-9-20-14-7-5-4-6-11(13)14/h4-7,9,16,19-20H,3H2,1-2H3,(H,21,24). The van der Waals surface area contributed by atoms with Crippen molar-refractivity contribution in [2.75, 3.05) is 6.61 Å². The first kappa shape index (κ1) is 16.2. The highest BCUT2D eigenvalue weighted by molar-refractivity contribution is 7.80. The number of aromatic nitrogens is 1. The summed E-state index contributed by atoms with van der Waals surface area (Å²) in [5, 5.41) is 11.6. The molecular weight excluding hydrogens is 322 g/mol. The predicted octanol–water partition coefficient (Wildman–Crippen LogP) is 3.19. The number of ether oxygens (including phenoxy) is 1. The van der Waals surface area contributed by atoms with E-state index in [-0.39, 0.29) is 6.61 Å². The van der Waals surface area contributed by atoms with Gasteiger partial charge in [-0.25, -0.2) is 4.79 Å². The van der Waals surface area contributed by atoms with Gasteiger partial charge in [-0.2, -0.15) is 0 Å². The molecule has 1 aromatic carbocycles. The van der Waals surface area contributed by atoms with Gasteiger partial charge >= 0.3 is 5.97 Å². The second-order valence-electron chi connectivity index (χ2n) is 5.47. The number of benzene rings is 1. The van der Waals surface area contributed by atoms with Gasteiger partial charge in [0.05, 0.1) is 23.7 Å². The molecule has 0 bridgehead atoms. The molecule has 2 aromatic rings. The third-order valence-electron chi connectivity index (χ3n) is 4.09. The van der Waals surface area contributed by atoms with Crippen LogP contribution in [-0.4, -0.2) is 28.4 Å². The lowest BCUT2D eigenvalue weighted by Gasteiger charge is -2.28. The average Bonchev–Trinajstić information content (AvgIpc) is 2.98. The second-order valence-corrected chi connectivity index (χ2v) is 5.88. The first-order valence-electron chi connectivity index (χ1n) is 7.63. The molecular formula is C18H17N3O2S. The van der Waals surface area contributed by atoms with E-state index in [2.05, 4.69) is 16.2 Å². The van der Waals surface area contributed by atoms with Gasteiger partial charge < -0.3 is 15.0 Å². The zero-order chi connectivity index (χ0) is 17.3. The SMILES string of the molecule is CCOC(=O)C1=C(C)NC(=S)C(=C=N)C1c1c[nH]c2ccccc12. The first-order chi connectivity index (χ1) is 11.6. The number of hydrogen-bond acceptors (Lipinski definition) is 4. The van der Waals surface area contributed by atoms with E-state index in [1.165, 1.54) is 0 Å². The van der Waals surface area contributed by atoms with Gasteiger partial charge in [-0.3, -0.25) is 5.41 Å². The van der Waals surface area contributed by atoms with E-state index in [4.69, 9.17) is 22.4 Å². The number of aromatic amines is 1. The summed E-state index contributed by atoms with van der Waals surface area (Å²) in [6.45, 7) is 3.84. The van der Waals surface area contributed by atoms with Crippen molar-refractivity contribution < 1.29 is 9.53 Å². The minimum absolute atomic E-state index is 0.282. The van der Waals surface area contributed by atoms with Gasteiger partial charge in [0.1, 0.15) is 4.99 Å². The zero-order valence-corrected chi connectivity index (χ0v) is 14.2. The summed E-state index contributed by atoms with van der Waals surface area (Å²) < 4.78 is 5.23. The number of esters is 1. The Morgan fingerprint density at radius 1 is 1.42 bits per heavy atom. The van der Waals surface area contributed by atoms with Crippen molar-refractivity contribution in [2.24, 2.45) is 0 Å². The van der Waals surface area contributed by atoms with Gasteiger partial charge in [0.25, 0.3) is 0 Å². The molecule has 3 N–H and O–H groups in total. The second kappa shape index (κ2) is 6.43. The molecule has 1 atom stereocenters. The van der Waals surface area contributed by atoms with E-state index in [9.17, 15) is 4.79 Å². The number of H-pyrrole nitrogens is 1. The topological polar surface area (TPSA) is 78.0 Å². The van der Waals surface area contributed by atoms with Crippen LogP contribution < -0.4 is 5.32 Å². The van der Waals surface area contributed by atoms with Crippen LogP contribution in [0.1, 0.15) is 25.3 Å². The molecule has 1 unspecified atom stereocenters. The Labute approximate surface area is 144 Å². The van der Waals surface area contributed by atoms with Gasteiger partial charge in [-0.05, 0) is 31.3 Å². The third-order valence-corrected chi connectivity index (χ3v) is 4.41. The largest absolute Gasteiger partial charge is 0.463 e. The number of carbonyl (C=O) groups is 1. The van der Waals surface area contributed by atoms with Gasteiger partial charge in [-0.15, -0.1) is 0 Å². The Bertz CT molecular complexity index is 919. The highest BCUT2D eigenvalue weighted by atomic mass is 32.1. The van der Waals surface area contributed by atoms with Crippen molar-refractivity contribution in [1.29, 1.82) is 5.41 Å². The Morgan fingerprint density at radius 2 is 2.17 bits per heavy atom. The molecule has 2 heterocycles. The molecule has 0 fully saturated rings. The number of hydrogen-bond donors (Lipinski definition) is 3. The van der Waals surface area contributed by atoms with Crippen LogP contribution in [0.5, 0.6) is 0 Å². The van der Waals surface area contributed by atoms with Crippen LogP contribution in [0.3, 0.4) is 0 Å². The Hall–Kier alpha value is -2.69. The lowest BCUT2D eigenvalue weighted by Crippen LogP contribution is -2.35. The summed E-state index contributed by atoms with van der Waals surface area (Å²) in [6, 6.07) is 7.82. The first-order valence-corrected chi connectivity index (χ1v) is 8.04. The average molecular weight is 339 g/mol. The summed E-state index contributed by atoms with van der Waals surface area (Å²) >= 11 is 5.35. The Morgan fingerprint density at radius 3 is 2.88 bits per heavy atom. The summed E-state index contributed by atoms with van der Waals surface area (Å²) in [7, 11) is 0. The summed E-state index contributed by atoms with van der Waals surface area (Å²) in [5.74, 6) is 1.52. The third kappa shape index (κ3) is 2.56. The lowest BCUT2D eigenvalue weighted by atomic mass is 9.81. The molecule has 1 aromatic heterocycles. The van der Waals surface area contributed by atoms with Crippen LogP contribution in [0, 0.1) is 5.41 Å². The predicted molar refractivity (Wildman–Crippen MR) is 97.3 cm³/mol. The summed E-state index contributed by atoms with van der Waals surface area (Å²) in [4.78, 5) is 16.2. The molecule has 1 aliphatic heterocycles. The minimum Gasteiger partial charge on any atom is -0.463 e. The van der Waals surface area contributed by atoms with Gasteiger partial charge in [0.15, 0.2) is 0 Å². The van der Waals surface area contributed by atoms with Crippen molar-refractivity contribution >= 4 is 39.9 Å². The van der Waals surface area contributed by atoms with Crippen molar-refractivity contribution in [2.45, 2.75) is 19.8 Å². The molecule has 5 nitrogen and oxygen atoms in total. The van der Waals surface area contributed by atoms with Crippen LogP contribution in [0.4, 0.5) is 0 Å². The highest BCUT2D eigenvalue weighted by Crippen LogP contribution is 2.39. The molecule has 0 spiro atoms. The van der Waals surface area contributed by atoms with Crippen molar-refractivity contribution in [3.05, 3.63) is 52.9 Å². The van der Waals surface area contributed by atoms with Crippen molar-refractivity contribution in [3.8, 4) is 0 Å². The summed E-state index contributed by atoms with van der Waals surface area (Å²) in [5.41, 5.74) is 3.41. The minimum atomic E-state index is -0.480. The summed E-state index contributed by atoms with van der Waals surface area (Å²) in [6.07, 6.45) is 1.85. The smallest absolute Gasteiger partial charge is 0.336 e. The van der Waals surface area contributed by atoms with E-state index in [0.29, 0.717) is 21.8 Å². The number of para-hydroxylation sites is 1. The molecule has 0 saturated heterocycles. The van der Waals surface area contributed by atoms with Crippen LogP contribution in [0.15, 0.2) is 47.3 Å². The number of fused-ring (bicyclic) bond motifs is 1. The molecule has 6 heteroatoms. The number of rotatable bonds is 3. The van der Waals surface area contributed by atoms with Crippen LogP contribution in [-0.2, 0) is 9.53 Å². The molecule has 0 radical (unpaired) electrons. The van der Waals surface area contributed by atoms with Crippen LogP contribution >= 0.6 is 12.2 Å². The van der Waals surface area contributed by atoms with E-state index < -0.39 is 11.9 Å². The molecule has 3 rings (SSSR count). The number of nitrogens with one attached hydrogen (secondary N) is 3. The van der Waals surface area contributed by atoms with Crippen molar-refractivity contribution in [3.63, 3.8) is 0 Å². The van der Waals surface area contributed by atoms with E-state index in [1.807, 2.05) is 30.5 Å². The van der Waals surface area contributed by atoms with Gasteiger partial charge in [-0.1, -0.05) is 30.4 Å². The van der Waals surface area contributed by atoms with E-state index >= 15 is 0 Å². The molecule has 24 heavy (non-hydrogen) atoms. The van der Waals surface area contributed by atoms with Gasteiger partial charge in [0, 0.05) is 22.8 Å². The molecule has 0 amide bonds. The fourth-order valence-corrected chi connectivity index (χ4v) is 3.37. The maximum atomic E-state index is 12.5. The lowest BCUT2D eigenvalue weighted by molar-refractivity contribution is -0.138. The number of carbonyl (C=O) groups excluding carboxylic acids is 1. The highest BCUT2D eigenvalue weighted by Gasteiger charge is 2.36. The molecule has 1 aliphatic rings. The Kier molecular flexibility index (Phi) is 4.34. The fourth-order valence-electron chi connectivity index (χ4n) is 3.05. The maximum absolute atomic E-state index is 12.5. The van der Waals surface area contributed by atoms with Crippen molar-refractivity contribution in [1.82, 2.24) is 10.3 Å². The maximum Gasteiger partial charge on any atom is 0.336 e. The van der Waals surface area contributed by atoms with E-state index in [1.54, 1.807) is 13.8 Å². The molecule has 0 aliphatic carbocycles. The quantitative estimate of drug-likeness (QED) is 0.347. The normalized spacial score (nSPS) is 17.7. The monoisotopic (exact) mass is 339 g/mol. The van der Waals surface area contributed by atoms with Crippen LogP contribution in [0.25, 0.3) is 10.9 Å². The van der Waals surface area contributed by atoms with Gasteiger partial charge in [0.2, 0.25) is 0 Å². The Balaban J connectivity index is 2.26. The fraction of sp³-hybridized carbons (Fsp3) is 0.222. The number of allylic oxidation sites excluding steroid dienone is 1. The number of thiocarbonyl (C=S) groups is 1. The van der Waals surface area contributed by atoms with Crippen LogP contribution in [0.2, 0.25) is 0 Å². The van der Waals surface area contributed by atoms with E-state index in [0.717, 1.165) is 16.5 Å². The molecule has 0 saturated carbocycles.